The van der Waals surface area contributed by atoms with Crippen molar-refractivity contribution in [3.05, 3.63) is 0 Å². The zero-order valence-corrected chi connectivity index (χ0v) is 10.7. The molecule has 1 aliphatic heterocycles. The molecule has 0 aromatic rings. The average Bonchev–Trinajstić information content (AvgIpc) is 2.55. The van der Waals surface area contributed by atoms with E-state index in [0.717, 1.165) is 31.8 Å². The first-order valence-electron chi connectivity index (χ1n) is 7.16. The van der Waals surface area contributed by atoms with E-state index in [0.29, 0.717) is 12.3 Å². The number of carbonyl (C=O) groups excluding carboxylic acids is 1. The Labute approximate surface area is 107 Å². The Morgan fingerprint density at radius 3 is 2.33 bits per heavy atom. The molecule has 3 aliphatic rings. The normalized spacial score (nSPS) is 39.0. The minimum atomic E-state index is -0.795. The highest BCUT2D eigenvalue weighted by Gasteiger charge is 2.44. The Kier molecular flexibility index (Phi) is 3.04. The maximum absolute atomic E-state index is 12.4. The van der Waals surface area contributed by atoms with Crippen LogP contribution in [0.4, 0.5) is 0 Å². The predicted molar refractivity (Wildman–Crippen MR) is 65.9 cm³/mol. The van der Waals surface area contributed by atoms with Crippen molar-refractivity contribution in [2.75, 3.05) is 13.1 Å². The summed E-state index contributed by atoms with van der Waals surface area (Å²) >= 11 is 0. The number of likely N-dealkylation sites (tertiary alicyclic amines) is 1. The standard InChI is InChI=1S/C14H21NO3/c16-13(11-3-4-12(11)14(17)18)15-6-5-9-1-2-10(7-9)8-15/h9-12H,1-8H2,(H,17,18). The summed E-state index contributed by atoms with van der Waals surface area (Å²) in [6, 6.07) is 0. The number of carboxylic acid groups (broad SMARTS) is 1. The minimum Gasteiger partial charge on any atom is -0.481 e. The van der Waals surface area contributed by atoms with Crippen LogP contribution in [0.1, 0.15) is 38.5 Å². The molecular formula is C14H21NO3. The molecule has 1 N–H and O–H groups in total. The van der Waals surface area contributed by atoms with Gasteiger partial charge in [-0.3, -0.25) is 9.59 Å². The lowest BCUT2D eigenvalue weighted by Gasteiger charge is -2.37. The first kappa shape index (κ1) is 12.0. The van der Waals surface area contributed by atoms with Gasteiger partial charge in [0.2, 0.25) is 5.91 Å². The van der Waals surface area contributed by atoms with E-state index >= 15 is 0 Å². The summed E-state index contributed by atoms with van der Waals surface area (Å²) in [6.07, 6.45) is 6.41. The lowest BCUT2D eigenvalue weighted by Crippen LogP contribution is -2.47. The SMILES string of the molecule is O=C(O)C1CCC1C(=O)N1CCC2CCC(C2)C1. The highest BCUT2D eigenvalue weighted by molar-refractivity contribution is 5.86. The van der Waals surface area contributed by atoms with Crippen molar-refractivity contribution in [3.8, 4) is 0 Å². The Bertz CT molecular complexity index is 368. The van der Waals surface area contributed by atoms with Crippen LogP contribution < -0.4 is 0 Å². The van der Waals surface area contributed by atoms with Crippen molar-refractivity contribution < 1.29 is 14.7 Å². The molecule has 1 amide bonds. The largest absolute Gasteiger partial charge is 0.481 e. The van der Waals surface area contributed by atoms with Gasteiger partial charge in [0.05, 0.1) is 11.8 Å². The number of nitrogens with zero attached hydrogens (tertiary/aromatic N) is 1. The van der Waals surface area contributed by atoms with Crippen LogP contribution >= 0.6 is 0 Å². The minimum absolute atomic E-state index is 0.112. The second-order valence-corrected chi connectivity index (χ2v) is 6.25. The molecule has 1 saturated heterocycles. The smallest absolute Gasteiger partial charge is 0.307 e. The van der Waals surface area contributed by atoms with Crippen molar-refractivity contribution in [1.29, 1.82) is 0 Å². The number of rotatable bonds is 2. The van der Waals surface area contributed by atoms with Crippen LogP contribution in [0, 0.1) is 23.7 Å². The Morgan fingerprint density at radius 1 is 0.944 bits per heavy atom. The highest BCUT2D eigenvalue weighted by atomic mass is 16.4. The van der Waals surface area contributed by atoms with Gasteiger partial charge in [-0.25, -0.2) is 0 Å². The van der Waals surface area contributed by atoms with Crippen molar-refractivity contribution in [2.24, 2.45) is 23.7 Å². The van der Waals surface area contributed by atoms with Gasteiger partial charge in [0.25, 0.3) is 0 Å². The number of carbonyl (C=O) groups is 2. The molecule has 100 valence electrons. The van der Waals surface area contributed by atoms with E-state index in [4.69, 9.17) is 5.11 Å². The topological polar surface area (TPSA) is 57.6 Å². The fourth-order valence-electron chi connectivity index (χ4n) is 3.87. The Morgan fingerprint density at radius 2 is 1.67 bits per heavy atom. The average molecular weight is 251 g/mol. The van der Waals surface area contributed by atoms with Crippen LogP contribution in [-0.2, 0) is 9.59 Å². The Balaban J connectivity index is 1.64. The molecule has 2 aliphatic carbocycles. The van der Waals surface area contributed by atoms with Crippen LogP contribution in [0.25, 0.3) is 0 Å². The first-order chi connectivity index (χ1) is 8.65. The van der Waals surface area contributed by atoms with Gasteiger partial charge in [-0.1, -0.05) is 6.42 Å². The monoisotopic (exact) mass is 251 g/mol. The van der Waals surface area contributed by atoms with Gasteiger partial charge in [0.1, 0.15) is 0 Å². The molecule has 4 heteroatoms. The van der Waals surface area contributed by atoms with E-state index in [1.807, 2.05) is 4.90 Å². The van der Waals surface area contributed by atoms with Gasteiger partial charge in [-0.2, -0.15) is 0 Å². The zero-order valence-electron chi connectivity index (χ0n) is 10.7. The van der Waals surface area contributed by atoms with E-state index in [1.54, 1.807) is 0 Å². The fraction of sp³-hybridized carbons (Fsp3) is 0.857. The van der Waals surface area contributed by atoms with Gasteiger partial charge in [-0.15, -0.1) is 0 Å². The molecule has 4 unspecified atom stereocenters. The third kappa shape index (κ3) is 2.02. The maximum atomic E-state index is 12.4. The summed E-state index contributed by atoms with van der Waals surface area (Å²) in [4.78, 5) is 25.4. The number of aliphatic carboxylic acids is 1. The lowest BCUT2D eigenvalue weighted by molar-refractivity contribution is -0.156. The molecule has 3 rings (SSSR count). The second-order valence-electron chi connectivity index (χ2n) is 6.25. The van der Waals surface area contributed by atoms with Crippen LogP contribution in [0.2, 0.25) is 0 Å². The van der Waals surface area contributed by atoms with Crippen LogP contribution in [0.3, 0.4) is 0 Å². The molecule has 2 saturated carbocycles. The molecule has 2 bridgehead atoms. The van der Waals surface area contributed by atoms with E-state index in [2.05, 4.69) is 0 Å². The lowest BCUT2D eigenvalue weighted by atomic mass is 9.73. The number of hydrogen-bond acceptors (Lipinski definition) is 2. The second kappa shape index (κ2) is 4.56. The number of hydrogen-bond donors (Lipinski definition) is 1. The zero-order chi connectivity index (χ0) is 12.7. The summed E-state index contributed by atoms with van der Waals surface area (Å²) in [5.74, 6) is 0.142. The Hall–Kier alpha value is -1.06. The predicted octanol–water partition coefficient (Wildman–Crippen LogP) is 1.75. The first-order valence-corrected chi connectivity index (χ1v) is 7.16. The maximum Gasteiger partial charge on any atom is 0.307 e. The van der Waals surface area contributed by atoms with Crippen molar-refractivity contribution in [3.63, 3.8) is 0 Å². The van der Waals surface area contributed by atoms with Gasteiger partial charge in [0.15, 0.2) is 0 Å². The number of amides is 1. The molecular weight excluding hydrogens is 230 g/mol. The summed E-state index contributed by atoms with van der Waals surface area (Å²) < 4.78 is 0. The molecule has 4 nitrogen and oxygen atoms in total. The van der Waals surface area contributed by atoms with Gasteiger partial charge >= 0.3 is 5.97 Å². The fourth-order valence-corrected chi connectivity index (χ4v) is 3.87. The van der Waals surface area contributed by atoms with Gasteiger partial charge < -0.3 is 10.0 Å². The van der Waals surface area contributed by atoms with E-state index in [9.17, 15) is 9.59 Å². The quantitative estimate of drug-likeness (QED) is 0.813. The third-order valence-corrected chi connectivity index (χ3v) is 5.16. The van der Waals surface area contributed by atoms with Crippen molar-refractivity contribution in [2.45, 2.75) is 38.5 Å². The molecule has 0 aromatic carbocycles. The summed E-state index contributed by atoms with van der Waals surface area (Å²) in [5.41, 5.74) is 0. The summed E-state index contributed by atoms with van der Waals surface area (Å²) in [6.45, 7) is 1.72. The third-order valence-electron chi connectivity index (χ3n) is 5.16. The summed E-state index contributed by atoms with van der Waals surface area (Å²) in [5, 5.41) is 9.04. The van der Waals surface area contributed by atoms with E-state index in [-0.39, 0.29) is 11.8 Å². The van der Waals surface area contributed by atoms with E-state index in [1.165, 1.54) is 19.3 Å². The number of fused-ring (bicyclic) bond motifs is 2. The van der Waals surface area contributed by atoms with Crippen molar-refractivity contribution >= 4 is 11.9 Å². The molecule has 0 spiro atoms. The van der Waals surface area contributed by atoms with Crippen molar-refractivity contribution in [1.82, 2.24) is 4.90 Å². The molecule has 0 aromatic heterocycles. The van der Waals surface area contributed by atoms with E-state index < -0.39 is 11.9 Å². The molecule has 4 atom stereocenters. The summed E-state index contributed by atoms with van der Waals surface area (Å²) in [7, 11) is 0. The molecule has 1 heterocycles. The van der Waals surface area contributed by atoms with Gasteiger partial charge in [-0.05, 0) is 43.9 Å². The van der Waals surface area contributed by atoms with Crippen LogP contribution in [0.15, 0.2) is 0 Å². The highest BCUT2D eigenvalue weighted by Crippen LogP contribution is 2.40. The van der Waals surface area contributed by atoms with Crippen LogP contribution in [-0.4, -0.2) is 35.0 Å². The number of carboxylic acids is 1. The molecule has 0 radical (unpaired) electrons. The molecule has 3 fully saturated rings. The van der Waals surface area contributed by atoms with Gasteiger partial charge in [0, 0.05) is 13.1 Å². The van der Waals surface area contributed by atoms with Crippen LogP contribution in [0.5, 0.6) is 0 Å². The molecule has 18 heavy (non-hydrogen) atoms.